The minimum absolute atomic E-state index is 0.470. The number of benzene rings is 2. The standard InChI is InChI=1S/C16H15BrOS/c17-9-10-19-16-11-12-5-1-3-7-14(12)18-15-8-4-2-6-13(15)16/h1-8,16H,9-11H2/t16-/m0/s1. The average molecular weight is 335 g/mol. The van der Waals surface area contributed by atoms with Crippen LogP contribution in [0.25, 0.3) is 0 Å². The maximum Gasteiger partial charge on any atom is 0.131 e. The van der Waals surface area contributed by atoms with Gasteiger partial charge in [0, 0.05) is 21.9 Å². The lowest BCUT2D eigenvalue weighted by atomic mass is 10.0. The Morgan fingerprint density at radius 2 is 1.79 bits per heavy atom. The monoisotopic (exact) mass is 334 g/mol. The topological polar surface area (TPSA) is 9.23 Å². The van der Waals surface area contributed by atoms with Crippen molar-refractivity contribution in [1.29, 1.82) is 0 Å². The summed E-state index contributed by atoms with van der Waals surface area (Å²) in [7, 11) is 0. The molecule has 3 rings (SSSR count). The molecule has 2 aromatic rings. The third kappa shape index (κ3) is 2.82. The van der Waals surface area contributed by atoms with E-state index < -0.39 is 0 Å². The summed E-state index contributed by atoms with van der Waals surface area (Å²) in [6, 6.07) is 16.7. The maximum absolute atomic E-state index is 6.09. The van der Waals surface area contributed by atoms with Gasteiger partial charge in [-0.15, -0.1) is 0 Å². The minimum atomic E-state index is 0.470. The van der Waals surface area contributed by atoms with Crippen molar-refractivity contribution in [2.75, 3.05) is 11.1 Å². The Hall–Kier alpha value is -0.930. The van der Waals surface area contributed by atoms with E-state index in [0.717, 1.165) is 29.0 Å². The fraction of sp³-hybridized carbons (Fsp3) is 0.250. The van der Waals surface area contributed by atoms with Gasteiger partial charge in [0.2, 0.25) is 0 Å². The molecule has 19 heavy (non-hydrogen) atoms. The number of ether oxygens (including phenoxy) is 1. The number of halogens is 1. The summed E-state index contributed by atoms with van der Waals surface area (Å²) in [4.78, 5) is 0. The fourth-order valence-corrected chi connectivity index (χ4v) is 3.98. The SMILES string of the molecule is BrCCS[C@H]1Cc2ccccc2Oc2ccccc21. The van der Waals surface area contributed by atoms with E-state index in [9.17, 15) is 0 Å². The van der Waals surface area contributed by atoms with E-state index in [0.29, 0.717) is 5.25 Å². The molecule has 0 spiro atoms. The zero-order valence-electron chi connectivity index (χ0n) is 10.5. The van der Waals surface area contributed by atoms with Gasteiger partial charge in [0.1, 0.15) is 11.5 Å². The lowest BCUT2D eigenvalue weighted by molar-refractivity contribution is 0.479. The first-order chi connectivity index (χ1) is 9.38. The molecule has 0 saturated heterocycles. The van der Waals surface area contributed by atoms with Crippen LogP contribution < -0.4 is 4.74 Å². The highest BCUT2D eigenvalue weighted by Gasteiger charge is 2.22. The average Bonchev–Trinajstić information content (AvgIpc) is 2.61. The predicted molar refractivity (Wildman–Crippen MR) is 85.7 cm³/mol. The molecule has 0 fully saturated rings. The zero-order chi connectivity index (χ0) is 13.1. The van der Waals surface area contributed by atoms with Gasteiger partial charge in [-0.2, -0.15) is 11.8 Å². The lowest BCUT2D eigenvalue weighted by Crippen LogP contribution is -1.99. The Bertz CT molecular complexity index is 570. The summed E-state index contributed by atoms with van der Waals surface area (Å²) in [6.07, 6.45) is 1.03. The molecule has 3 heteroatoms. The molecule has 1 aliphatic rings. The van der Waals surface area contributed by atoms with E-state index in [-0.39, 0.29) is 0 Å². The van der Waals surface area contributed by atoms with Crippen molar-refractivity contribution in [2.24, 2.45) is 0 Å². The quantitative estimate of drug-likeness (QED) is 0.713. The second kappa shape index (κ2) is 6.02. The molecule has 0 aromatic heterocycles. The van der Waals surface area contributed by atoms with Crippen LogP contribution in [0.3, 0.4) is 0 Å². The van der Waals surface area contributed by atoms with Gasteiger partial charge in [0.05, 0.1) is 0 Å². The van der Waals surface area contributed by atoms with Crippen LogP contribution in [-0.2, 0) is 6.42 Å². The number of rotatable bonds is 3. The van der Waals surface area contributed by atoms with Crippen molar-refractivity contribution >= 4 is 27.7 Å². The van der Waals surface area contributed by atoms with Gasteiger partial charge >= 0.3 is 0 Å². The third-order valence-electron chi connectivity index (χ3n) is 3.26. The molecule has 98 valence electrons. The molecular weight excluding hydrogens is 320 g/mol. The highest BCUT2D eigenvalue weighted by Crippen LogP contribution is 2.44. The Kier molecular flexibility index (Phi) is 4.14. The molecule has 0 aliphatic carbocycles. The number of hydrogen-bond acceptors (Lipinski definition) is 2. The lowest BCUT2D eigenvalue weighted by Gasteiger charge is -2.15. The van der Waals surface area contributed by atoms with Crippen molar-refractivity contribution in [1.82, 2.24) is 0 Å². The molecule has 1 aliphatic heterocycles. The van der Waals surface area contributed by atoms with Gasteiger partial charge in [-0.3, -0.25) is 0 Å². The van der Waals surface area contributed by atoms with Crippen LogP contribution in [0.15, 0.2) is 48.5 Å². The van der Waals surface area contributed by atoms with Crippen LogP contribution in [0.2, 0.25) is 0 Å². The largest absolute Gasteiger partial charge is 0.457 e. The second-order valence-electron chi connectivity index (χ2n) is 4.50. The van der Waals surface area contributed by atoms with Crippen LogP contribution >= 0.6 is 27.7 Å². The first kappa shape index (κ1) is 13.1. The number of para-hydroxylation sites is 2. The van der Waals surface area contributed by atoms with Crippen LogP contribution in [0, 0.1) is 0 Å². The van der Waals surface area contributed by atoms with E-state index in [4.69, 9.17) is 4.74 Å². The van der Waals surface area contributed by atoms with Crippen molar-refractivity contribution < 1.29 is 4.74 Å². The molecule has 0 amide bonds. The molecular formula is C16H15BrOS. The van der Waals surface area contributed by atoms with Gasteiger partial charge in [0.25, 0.3) is 0 Å². The van der Waals surface area contributed by atoms with Crippen molar-refractivity contribution in [3.8, 4) is 11.5 Å². The fourth-order valence-electron chi connectivity index (χ4n) is 2.38. The van der Waals surface area contributed by atoms with Gasteiger partial charge in [-0.05, 0) is 24.1 Å². The van der Waals surface area contributed by atoms with E-state index in [1.165, 1.54) is 11.1 Å². The first-order valence-electron chi connectivity index (χ1n) is 6.41. The molecule has 0 unspecified atom stereocenters. The summed E-state index contributed by atoms with van der Waals surface area (Å²) in [5, 5.41) is 1.50. The Labute approximate surface area is 126 Å². The van der Waals surface area contributed by atoms with E-state index in [1.54, 1.807) is 0 Å². The summed E-state index contributed by atoms with van der Waals surface area (Å²) in [5.41, 5.74) is 2.61. The highest BCUT2D eigenvalue weighted by molar-refractivity contribution is 9.09. The van der Waals surface area contributed by atoms with Crippen LogP contribution in [0.4, 0.5) is 0 Å². The summed E-state index contributed by atoms with van der Waals surface area (Å²) >= 11 is 5.51. The second-order valence-corrected chi connectivity index (χ2v) is 6.60. The molecule has 1 heterocycles. The number of fused-ring (bicyclic) bond motifs is 2. The van der Waals surface area contributed by atoms with Gasteiger partial charge in [-0.25, -0.2) is 0 Å². The van der Waals surface area contributed by atoms with Crippen LogP contribution in [0.5, 0.6) is 11.5 Å². The number of alkyl halides is 1. The smallest absolute Gasteiger partial charge is 0.131 e. The van der Waals surface area contributed by atoms with Gasteiger partial charge in [-0.1, -0.05) is 52.3 Å². The summed E-state index contributed by atoms with van der Waals surface area (Å²) in [6.45, 7) is 0. The van der Waals surface area contributed by atoms with Crippen molar-refractivity contribution in [3.05, 3.63) is 59.7 Å². The van der Waals surface area contributed by atoms with E-state index in [2.05, 4.69) is 52.3 Å². The van der Waals surface area contributed by atoms with Crippen molar-refractivity contribution in [3.63, 3.8) is 0 Å². The van der Waals surface area contributed by atoms with Crippen molar-refractivity contribution in [2.45, 2.75) is 11.7 Å². The van der Waals surface area contributed by atoms with E-state index in [1.807, 2.05) is 23.9 Å². The van der Waals surface area contributed by atoms with Crippen LogP contribution in [-0.4, -0.2) is 11.1 Å². The molecule has 0 radical (unpaired) electrons. The Balaban J connectivity index is 2.01. The van der Waals surface area contributed by atoms with Crippen LogP contribution in [0.1, 0.15) is 16.4 Å². The molecule has 1 nitrogen and oxygen atoms in total. The summed E-state index contributed by atoms with van der Waals surface area (Å²) < 4.78 is 6.09. The highest BCUT2D eigenvalue weighted by atomic mass is 79.9. The minimum Gasteiger partial charge on any atom is -0.457 e. The first-order valence-corrected chi connectivity index (χ1v) is 8.58. The third-order valence-corrected chi connectivity index (χ3v) is 5.44. The summed E-state index contributed by atoms with van der Waals surface area (Å²) in [5.74, 6) is 3.11. The predicted octanol–water partition coefficient (Wildman–Crippen LogP) is 5.20. The Morgan fingerprint density at radius 3 is 2.63 bits per heavy atom. The normalized spacial score (nSPS) is 17.0. The van der Waals surface area contributed by atoms with Gasteiger partial charge in [0.15, 0.2) is 0 Å². The molecule has 0 bridgehead atoms. The number of hydrogen-bond donors (Lipinski definition) is 0. The molecule has 1 atom stereocenters. The number of thioether (sulfide) groups is 1. The van der Waals surface area contributed by atoms with E-state index >= 15 is 0 Å². The zero-order valence-corrected chi connectivity index (χ0v) is 12.9. The Morgan fingerprint density at radius 1 is 1.05 bits per heavy atom. The molecule has 0 saturated carbocycles. The maximum atomic E-state index is 6.09. The molecule has 0 N–H and O–H groups in total. The van der Waals surface area contributed by atoms with Gasteiger partial charge < -0.3 is 4.74 Å². The molecule has 2 aromatic carbocycles.